The molecule has 0 saturated carbocycles. The van der Waals surface area contributed by atoms with E-state index in [-0.39, 0.29) is 25.6 Å². The summed E-state index contributed by atoms with van der Waals surface area (Å²) >= 11 is 0. The van der Waals surface area contributed by atoms with E-state index in [1.165, 1.54) is 0 Å². The summed E-state index contributed by atoms with van der Waals surface area (Å²) in [6, 6.07) is 13.6. The first-order valence-corrected chi connectivity index (χ1v) is 9.92. The Morgan fingerprint density at radius 1 is 1.00 bits per heavy atom. The normalized spacial score (nSPS) is 10.4. The molecule has 3 amide bonds. The zero-order chi connectivity index (χ0) is 23.1. The molecule has 9 nitrogen and oxygen atoms in total. The lowest BCUT2D eigenvalue weighted by molar-refractivity contribution is -0.117. The third-order valence-electron chi connectivity index (χ3n) is 4.78. The molecule has 4 N–H and O–H groups in total. The topological polar surface area (TPSA) is 137 Å². The van der Waals surface area contributed by atoms with Gasteiger partial charge < -0.3 is 25.6 Å². The van der Waals surface area contributed by atoms with Gasteiger partial charge in [-0.2, -0.15) is 0 Å². The molecule has 0 saturated heterocycles. The number of amides is 3. The fourth-order valence-corrected chi connectivity index (χ4v) is 2.96. The Labute approximate surface area is 184 Å². The number of aromatic nitrogens is 1. The summed E-state index contributed by atoms with van der Waals surface area (Å²) in [5, 5.41) is 9.17. The van der Waals surface area contributed by atoms with Crippen LogP contribution in [0.2, 0.25) is 0 Å². The van der Waals surface area contributed by atoms with Gasteiger partial charge in [0.2, 0.25) is 5.91 Å². The highest BCUT2D eigenvalue weighted by Gasteiger charge is 2.15. The zero-order valence-corrected chi connectivity index (χ0v) is 17.8. The molecule has 0 radical (unpaired) electrons. The molecule has 32 heavy (non-hydrogen) atoms. The molecule has 0 bridgehead atoms. The van der Waals surface area contributed by atoms with E-state index in [9.17, 15) is 14.4 Å². The SMILES string of the molecule is Cc1noc(C)c1COc1ccccc1C(=O)NCc1ccc(C(=O)NCC(N)=O)cc1. The second kappa shape index (κ2) is 10.3. The van der Waals surface area contributed by atoms with Gasteiger partial charge in [-0.05, 0) is 43.7 Å². The van der Waals surface area contributed by atoms with Crippen molar-refractivity contribution in [2.45, 2.75) is 27.0 Å². The van der Waals surface area contributed by atoms with Gasteiger partial charge in [0.1, 0.15) is 18.1 Å². The lowest BCUT2D eigenvalue weighted by Crippen LogP contribution is -2.33. The molecule has 3 rings (SSSR count). The maximum Gasteiger partial charge on any atom is 0.255 e. The van der Waals surface area contributed by atoms with Crippen LogP contribution >= 0.6 is 0 Å². The molecule has 0 unspecified atom stereocenters. The van der Waals surface area contributed by atoms with Gasteiger partial charge in [0.05, 0.1) is 23.4 Å². The first-order chi connectivity index (χ1) is 15.3. The van der Waals surface area contributed by atoms with Crippen molar-refractivity contribution in [3.05, 3.63) is 82.2 Å². The Morgan fingerprint density at radius 3 is 2.38 bits per heavy atom. The van der Waals surface area contributed by atoms with Crippen LogP contribution in [0.3, 0.4) is 0 Å². The Morgan fingerprint density at radius 2 is 1.72 bits per heavy atom. The van der Waals surface area contributed by atoms with E-state index in [1.54, 1.807) is 48.5 Å². The van der Waals surface area contributed by atoms with Gasteiger partial charge in [0.25, 0.3) is 11.8 Å². The molecule has 0 spiro atoms. The minimum Gasteiger partial charge on any atom is -0.488 e. The summed E-state index contributed by atoms with van der Waals surface area (Å²) in [4.78, 5) is 35.4. The average Bonchev–Trinajstić information content (AvgIpc) is 3.12. The number of hydrogen-bond acceptors (Lipinski definition) is 6. The highest BCUT2D eigenvalue weighted by Crippen LogP contribution is 2.21. The number of nitrogens with two attached hydrogens (primary N) is 1. The second-order valence-electron chi connectivity index (χ2n) is 7.12. The minimum absolute atomic E-state index is 0.228. The highest BCUT2D eigenvalue weighted by molar-refractivity contribution is 5.97. The van der Waals surface area contributed by atoms with Gasteiger partial charge in [-0.3, -0.25) is 14.4 Å². The van der Waals surface area contributed by atoms with Crippen LogP contribution in [0.5, 0.6) is 5.75 Å². The fourth-order valence-electron chi connectivity index (χ4n) is 2.96. The Kier molecular flexibility index (Phi) is 7.22. The summed E-state index contributed by atoms with van der Waals surface area (Å²) in [6.07, 6.45) is 0. The van der Waals surface area contributed by atoms with Crippen LogP contribution in [0.1, 0.15) is 43.3 Å². The molecule has 0 aliphatic rings. The van der Waals surface area contributed by atoms with Gasteiger partial charge in [-0.1, -0.05) is 29.4 Å². The van der Waals surface area contributed by atoms with E-state index in [2.05, 4.69) is 15.8 Å². The van der Waals surface area contributed by atoms with Crippen LogP contribution < -0.4 is 21.1 Å². The third kappa shape index (κ3) is 5.72. The number of nitrogens with zero attached hydrogens (tertiary/aromatic N) is 1. The zero-order valence-electron chi connectivity index (χ0n) is 17.8. The molecule has 1 heterocycles. The van der Waals surface area contributed by atoms with Gasteiger partial charge in [0.15, 0.2) is 0 Å². The summed E-state index contributed by atoms with van der Waals surface area (Å²) < 4.78 is 11.0. The maximum absolute atomic E-state index is 12.7. The van der Waals surface area contributed by atoms with Crippen molar-refractivity contribution >= 4 is 17.7 Å². The number of carbonyl (C=O) groups excluding carboxylic acids is 3. The summed E-state index contributed by atoms with van der Waals surface area (Å²) in [5.41, 5.74) is 8.21. The maximum atomic E-state index is 12.7. The van der Waals surface area contributed by atoms with Crippen LogP contribution in [-0.2, 0) is 17.9 Å². The number of ether oxygens (including phenoxy) is 1. The van der Waals surface area contributed by atoms with Crippen molar-refractivity contribution in [2.75, 3.05) is 6.54 Å². The number of carbonyl (C=O) groups is 3. The standard InChI is InChI=1S/C23H24N4O5/c1-14-19(15(2)32-27-14)13-31-20-6-4-3-5-18(20)23(30)25-11-16-7-9-17(10-8-16)22(29)26-12-21(24)28/h3-10H,11-13H2,1-2H3,(H2,24,28)(H,25,30)(H,26,29). The second-order valence-corrected chi connectivity index (χ2v) is 7.12. The fraction of sp³-hybridized carbons (Fsp3) is 0.217. The summed E-state index contributed by atoms with van der Waals surface area (Å²) in [5.74, 6) is -0.178. The summed E-state index contributed by atoms with van der Waals surface area (Å²) in [7, 11) is 0. The number of nitrogens with one attached hydrogen (secondary N) is 2. The van der Waals surface area contributed by atoms with Gasteiger partial charge in [-0.15, -0.1) is 0 Å². The largest absolute Gasteiger partial charge is 0.488 e. The molecule has 1 aromatic heterocycles. The van der Waals surface area contributed by atoms with Crippen molar-refractivity contribution in [2.24, 2.45) is 5.73 Å². The van der Waals surface area contributed by atoms with Crippen LogP contribution in [0, 0.1) is 13.8 Å². The smallest absolute Gasteiger partial charge is 0.255 e. The van der Waals surface area contributed by atoms with E-state index < -0.39 is 11.8 Å². The molecule has 0 fully saturated rings. The van der Waals surface area contributed by atoms with Crippen molar-refractivity contribution < 1.29 is 23.6 Å². The quantitative estimate of drug-likeness (QED) is 0.469. The molecule has 2 aromatic carbocycles. The van der Waals surface area contributed by atoms with Crippen LogP contribution in [0.15, 0.2) is 53.1 Å². The number of primary amides is 1. The predicted molar refractivity (Wildman–Crippen MR) is 116 cm³/mol. The molecular formula is C23H24N4O5. The van der Waals surface area contributed by atoms with Gasteiger partial charge in [-0.25, -0.2) is 0 Å². The number of rotatable bonds is 9. The first kappa shape index (κ1) is 22.5. The van der Waals surface area contributed by atoms with Crippen molar-refractivity contribution in [3.63, 3.8) is 0 Å². The lowest BCUT2D eigenvalue weighted by atomic mass is 10.1. The molecule has 0 aliphatic heterocycles. The molecular weight excluding hydrogens is 412 g/mol. The lowest BCUT2D eigenvalue weighted by Gasteiger charge is -2.12. The van der Waals surface area contributed by atoms with E-state index in [0.29, 0.717) is 22.6 Å². The van der Waals surface area contributed by atoms with E-state index in [1.807, 2.05) is 13.8 Å². The molecule has 3 aromatic rings. The number of hydrogen-bond donors (Lipinski definition) is 3. The molecule has 9 heteroatoms. The first-order valence-electron chi connectivity index (χ1n) is 9.92. The van der Waals surface area contributed by atoms with Crippen molar-refractivity contribution in [1.82, 2.24) is 15.8 Å². The van der Waals surface area contributed by atoms with Crippen LogP contribution in [-0.4, -0.2) is 29.4 Å². The molecule has 0 atom stereocenters. The number of aryl methyl sites for hydroxylation is 2. The molecule has 166 valence electrons. The van der Waals surface area contributed by atoms with E-state index in [4.69, 9.17) is 15.0 Å². The number of benzene rings is 2. The average molecular weight is 436 g/mol. The van der Waals surface area contributed by atoms with Gasteiger partial charge in [0, 0.05) is 12.1 Å². The number of para-hydroxylation sites is 1. The Bertz CT molecular complexity index is 1100. The Balaban J connectivity index is 1.59. The Hall–Kier alpha value is -4.14. The highest BCUT2D eigenvalue weighted by atomic mass is 16.5. The summed E-state index contributed by atoms with van der Waals surface area (Å²) in [6.45, 7) is 3.92. The predicted octanol–water partition coefficient (Wildman–Crippen LogP) is 2.02. The van der Waals surface area contributed by atoms with E-state index in [0.717, 1.165) is 16.8 Å². The van der Waals surface area contributed by atoms with Crippen molar-refractivity contribution in [1.29, 1.82) is 0 Å². The third-order valence-corrected chi connectivity index (χ3v) is 4.78. The van der Waals surface area contributed by atoms with Crippen LogP contribution in [0.25, 0.3) is 0 Å². The van der Waals surface area contributed by atoms with Crippen LogP contribution in [0.4, 0.5) is 0 Å². The minimum atomic E-state index is -0.617. The van der Waals surface area contributed by atoms with Crippen molar-refractivity contribution in [3.8, 4) is 5.75 Å². The van der Waals surface area contributed by atoms with Gasteiger partial charge >= 0.3 is 0 Å². The van der Waals surface area contributed by atoms with E-state index >= 15 is 0 Å². The monoisotopic (exact) mass is 436 g/mol. The molecule has 0 aliphatic carbocycles.